The van der Waals surface area contributed by atoms with Crippen molar-refractivity contribution in [2.45, 2.75) is 13.1 Å². The molecule has 0 aliphatic heterocycles. The molecule has 0 spiro atoms. The van der Waals surface area contributed by atoms with Gasteiger partial charge in [0.05, 0.1) is 12.0 Å². The summed E-state index contributed by atoms with van der Waals surface area (Å²) < 4.78 is 5.03. The third-order valence-corrected chi connectivity index (χ3v) is 4.34. The molecular weight excluding hydrogens is 356 g/mol. The first-order chi connectivity index (χ1) is 13.6. The van der Waals surface area contributed by atoms with E-state index < -0.39 is 4.92 Å². The summed E-state index contributed by atoms with van der Waals surface area (Å²) in [5.74, 6) is -0.155. The number of ether oxygens (including phenoxy) is 1. The monoisotopic (exact) mass is 376 g/mol. The molecular formula is C22H20N2O4. The summed E-state index contributed by atoms with van der Waals surface area (Å²) in [5, 5.41) is 11.3. The highest BCUT2D eigenvalue weighted by atomic mass is 16.6. The number of methoxy groups -OCH3 is 1. The molecule has 3 aromatic carbocycles. The predicted octanol–water partition coefficient (Wildman–Crippen LogP) is 4.45. The molecule has 0 radical (unpaired) electrons. The number of hydrogen-bond donors (Lipinski definition) is 0. The molecule has 0 aliphatic rings. The molecule has 0 aromatic heterocycles. The average Bonchev–Trinajstić information content (AvgIpc) is 2.73. The van der Waals surface area contributed by atoms with E-state index in [-0.39, 0.29) is 22.9 Å². The normalized spacial score (nSPS) is 10.3. The molecule has 142 valence electrons. The third kappa shape index (κ3) is 4.54. The number of nitro groups is 1. The Hall–Kier alpha value is -3.67. The Kier molecular flexibility index (Phi) is 6.01. The molecule has 6 heteroatoms. The van der Waals surface area contributed by atoms with Gasteiger partial charge in [0, 0.05) is 24.7 Å². The molecule has 0 unspecified atom stereocenters. The van der Waals surface area contributed by atoms with Crippen LogP contribution in [0.25, 0.3) is 0 Å². The highest BCUT2D eigenvalue weighted by molar-refractivity contribution is 5.95. The fraction of sp³-hybridized carbons (Fsp3) is 0.136. The highest BCUT2D eigenvalue weighted by Crippen LogP contribution is 2.28. The number of carbonyl (C=O) groups is 1. The summed E-state index contributed by atoms with van der Waals surface area (Å²) in [6.07, 6.45) is 0. The van der Waals surface area contributed by atoms with Gasteiger partial charge in [-0.2, -0.15) is 0 Å². The van der Waals surface area contributed by atoms with Crippen LogP contribution in [0.15, 0.2) is 78.9 Å². The van der Waals surface area contributed by atoms with Gasteiger partial charge in [0.25, 0.3) is 5.91 Å². The molecule has 0 fully saturated rings. The van der Waals surface area contributed by atoms with Crippen molar-refractivity contribution in [3.05, 3.63) is 106 Å². The van der Waals surface area contributed by atoms with Crippen LogP contribution in [0.3, 0.4) is 0 Å². The fourth-order valence-electron chi connectivity index (χ4n) is 2.96. The molecule has 3 aromatic rings. The maximum absolute atomic E-state index is 13.2. The Balaban J connectivity index is 1.93. The minimum Gasteiger partial charge on any atom is -0.490 e. The first-order valence-corrected chi connectivity index (χ1v) is 8.78. The number of amides is 1. The molecule has 0 bridgehead atoms. The van der Waals surface area contributed by atoms with Gasteiger partial charge in [-0.25, -0.2) is 0 Å². The number of carbonyl (C=O) groups excluding carboxylic acids is 1. The van der Waals surface area contributed by atoms with E-state index in [0.29, 0.717) is 13.1 Å². The van der Waals surface area contributed by atoms with Crippen LogP contribution in [0.4, 0.5) is 5.69 Å². The van der Waals surface area contributed by atoms with Crippen molar-refractivity contribution in [2.75, 3.05) is 7.11 Å². The zero-order valence-electron chi connectivity index (χ0n) is 15.4. The van der Waals surface area contributed by atoms with Crippen molar-refractivity contribution in [1.82, 2.24) is 4.90 Å². The smallest absolute Gasteiger partial charge is 0.311 e. The summed E-state index contributed by atoms with van der Waals surface area (Å²) >= 11 is 0. The second kappa shape index (κ2) is 8.81. The molecule has 3 rings (SSSR count). The van der Waals surface area contributed by atoms with Gasteiger partial charge in [-0.15, -0.1) is 0 Å². The van der Waals surface area contributed by atoms with Crippen LogP contribution in [0.1, 0.15) is 21.5 Å². The van der Waals surface area contributed by atoms with Gasteiger partial charge in [-0.05, 0) is 23.3 Å². The lowest BCUT2D eigenvalue weighted by Gasteiger charge is -2.23. The Labute approximate surface area is 163 Å². The van der Waals surface area contributed by atoms with Crippen molar-refractivity contribution >= 4 is 11.6 Å². The number of nitro benzene ring substituents is 1. The first kappa shape index (κ1) is 19.1. The Morgan fingerprint density at radius 2 is 1.46 bits per heavy atom. The van der Waals surface area contributed by atoms with E-state index >= 15 is 0 Å². The summed E-state index contributed by atoms with van der Waals surface area (Å²) in [7, 11) is 1.36. The van der Waals surface area contributed by atoms with Gasteiger partial charge in [0.15, 0.2) is 5.75 Å². The van der Waals surface area contributed by atoms with Crippen molar-refractivity contribution in [3.8, 4) is 5.75 Å². The second-order valence-electron chi connectivity index (χ2n) is 6.28. The van der Waals surface area contributed by atoms with E-state index in [1.165, 1.54) is 19.2 Å². The third-order valence-electron chi connectivity index (χ3n) is 4.34. The van der Waals surface area contributed by atoms with Gasteiger partial charge < -0.3 is 9.64 Å². The topological polar surface area (TPSA) is 72.7 Å². The van der Waals surface area contributed by atoms with Crippen LogP contribution < -0.4 is 4.74 Å². The van der Waals surface area contributed by atoms with Gasteiger partial charge >= 0.3 is 5.69 Å². The molecule has 0 saturated carbocycles. The predicted molar refractivity (Wildman–Crippen MR) is 106 cm³/mol. The van der Waals surface area contributed by atoms with E-state index in [0.717, 1.165) is 11.1 Å². The molecule has 0 atom stereocenters. The zero-order chi connectivity index (χ0) is 19.9. The first-order valence-electron chi connectivity index (χ1n) is 8.78. The van der Waals surface area contributed by atoms with Crippen molar-refractivity contribution in [3.63, 3.8) is 0 Å². The Morgan fingerprint density at radius 3 is 1.93 bits per heavy atom. The second-order valence-corrected chi connectivity index (χ2v) is 6.28. The van der Waals surface area contributed by atoms with E-state index in [1.807, 2.05) is 60.7 Å². The number of hydrogen-bond acceptors (Lipinski definition) is 4. The lowest BCUT2D eigenvalue weighted by atomic mass is 10.1. The standard InChI is InChI=1S/C22H20N2O4/c1-28-21-13-12-19(14-20(21)24(26)27)22(25)23(15-17-8-4-2-5-9-17)16-18-10-6-3-7-11-18/h2-14H,15-16H2,1H3. The quantitative estimate of drug-likeness (QED) is 0.451. The van der Waals surface area contributed by atoms with Crippen LogP contribution in [-0.2, 0) is 13.1 Å². The van der Waals surface area contributed by atoms with E-state index in [2.05, 4.69) is 0 Å². The molecule has 0 saturated heterocycles. The van der Waals surface area contributed by atoms with E-state index in [1.54, 1.807) is 11.0 Å². The number of benzene rings is 3. The van der Waals surface area contributed by atoms with Gasteiger partial charge in [0.2, 0.25) is 0 Å². The SMILES string of the molecule is COc1ccc(C(=O)N(Cc2ccccc2)Cc2ccccc2)cc1[N+](=O)[O-]. The van der Waals surface area contributed by atoms with Crippen molar-refractivity contribution < 1.29 is 14.5 Å². The molecule has 0 N–H and O–H groups in total. The lowest BCUT2D eigenvalue weighted by molar-refractivity contribution is -0.385. The molecule has 1 amide bonds. The van der Waals surface area contributed by atoms with Crippen LogP contribution in [0.5, 0.6) is 5.75 Å². The maximum atomic E-state index is 13.2. The van der Waals surface area contributed by atoms with Crippen LogP contribution in [0.2, 0.25) is 0 Å². The van der Waals surface area contributed by atoms with Gasteiger partial charge in [-0.1, -0.05) is 60.7 Å². The molecule has 28 heavy (non-hydrogen) atoms. The average molecular weight is 376 g/mol. The number of nitrogens with zero attached hydrogens (tertiary/aromatic N) is 2. The minimum atomic E-state index is -0.547. The summed E-state index contributed by atoms with van der Waals surface area (Å²) in [5.41, 5.74) is 1.98. The van der Waals surface area contributed by atoms with E-state index in [4.69, 9.17) is 4.74 Å². The maximum Gasteiger partial charge on any atom is 0.311 e. The summed E-state index contributed by atoms with van der Waals surface area (Å²) in [6, 6.07) is 23.6. The van der Waals surface area contributed by atoms with Gasteiger partial charge in [-0.3, -0.25) is 14.9 Å². The lowest BCUT2D eigenvalue weighted by Crippen LogP contribution is -2.30. The highest BCUT2D eigenvalue weighted by Gasteiger charge is 2.22. The summed E-state index contributed by atoms with van der Waals surface area (Å²) in [4.78, 5) is 25.6. The van der Waals surface area contributed by atoms with Crippen LogP contribution in [0, 0.1) is 10.1 Å². The summed E-state index contributed by atoms with van der Waals surface area (Å²) in [6.45, 7) is 0.794. The fourth-order valence-corrected chi connectivity index (χ4v) is 2.96. The largest absolute Gasteiger partial charge is 0.490 e. The van der Waals surface area contributed by atoms with Crippen molar-refractivity contribution in [2.24, 2.45) is 0 Å². The molecule has 0 heterocycles. The van der Waals surface area contributed by atoms with Crippen LogP contribution in [-0.4, -0.2) is 22.8 Å². The molecule has 6 nitrogen and oxygen atoms in total. The van der Waals surface area contributed by atoms with Gasteiger partial charge in [0.1, 0.15) is 0 Å². The Bertz CT molecular complexity index is 917. The molecule has 0 aliphatic carbocycles. The zero-order valence-corrected chi connectivity index (χ0v) is 15.4. The number of rotatable bonds is 7. The van der Waals surface area contributed by atoms with Crippen molar-refractivity contribution in [1.29, 1.82) is 0 Å². The minimum absolute atomic E-state index is 0.124. The van der Waals surface area contributed by atoms with E-state index in [9.17, 15) is 14.9 Å². The Morgan fingerprint density at radius 1 is 0.929 bits per heavy atom. The van der Waals surface area contributed by atoms with Crippen LogP contribution >= 0.6 is 0 Å².